The third-order valence-corrected chi connectivity index (χ3v) is 2.46. The summed E-state index contributed by atoms with van der Waals surface area (Å²) in [5.74, 6) is 0. The second-order valence-electron chi connectivity index (χ2n) is 4.24. The van der Waals surface area contributed by atoms with Crippen LogP contribution in [0.4, 0.5) is 0 Å². The molecule has 0 heterocycles. The van der Waals surface area contributed by atoms with Crippen molar-refractivity contribution in [2.24, 2.45) is 0 Å². The first-order chi connectivity index (χ1) is 7.91. The molecule has 0 aromatic carbocycles. The maximum Gasteiger partial charge on any atom is 2.00 e. The van der Waals surface area contributed by atoms with Gasteiger partial charge in [0.05, 0.1) is 0 Å². The van der Waals surface area contributed by atoms with Crippen LogP contribution in [0.15, 0.2) is 0 Å². The number of rotatable bonds is 9. The van der Waals surface area contributed by atoms with Crippen molar-refractivity contribution in [1.82, 2.24) is 0 Å². The maximum absolute atomic E-state index is 8.52. The van der Waals surface area contributed by atoms with E-state index in [1.54, 1.807) is 0 Å². The topological polar surface area (TPSA) is 80.3 Å². The van der Waals surface area contributed by atoms with E-state index in [2.05, 4.69) is 13.8 Å². The summed E-state index contributed by atoms with van der Waals surface area (Å²) in [5.41, 5.74) is 0. The molecule has 115 valence electrons. The van der Waals surface area contributed by atoms with E-state index in [9.17, 15) is 0 Å². The van der Waals surface area contributed by atoms with Crippen LogP contribution in [-0.2, 0) is 27.5 Å². The van der Waals surface area contributed by atoms with Gasteiger partial charge in [-0.05, 0) is 0 Å². The Morgan fingerprint density at radius 2 is 0.833 bits per heavy atom. The maximum atomic E-state index is 8.52. The van der Waals surface area contributed by atoms with E-state index in [-0.39, 0.29) is 17.1 Å². The van der Waals surface area contributed by atoms with Crippen molar-refractivity contribution in [1.29, 1.82) is 0 Å². The number of unbranched alkanes of at least 4 members (excludes halogenated alkanes) is 9. The Morgan fingerprint density at radius 1 is 0.667 bits per heavy atom. The summed E-state index contributed by atoms with van der Waals surface area (Å²) < 4.78 is 34.1. The van der Waals surface area contributed by atoms with Crippen LogP contribution in [-0.4, -0.2) is 17.5 Å². The van der Waals surface area contributed by atoms with Gasteiger partial charge >= 0.3 is 17.1 Å². The first-order valence-corrected chi connectivity index (χ1v) is 7.91. The van der Waals surface area contributed by atoms with Crippen molar-refractivity contribution in [3.05, 3.63) is 0 Å². The quantitative estimate of drug-likeness (QED) is 0.280. The Labute approximate surface area is 123 Å². The monoisotopic (exact) mass is 329 g/mol. The first kappa shape index (κ1) is 23.5. The summed E-state index contributed by atoms with van der Waals surface area (Å²) in [4.78, 5) is 0. The molecule has 0 aromatic rings. The molecule has 0 rings (SSSR count). The molecule has 0 unspecified atom stereocenters. The molecule has 0 fully saturated rings. The van der Waals surface area contributed by atoms with Crippen LogP contribution in [0.25, 0.3) is 0 Å². The van der Waals surface area contributed by atoms with Crippen molar-refractivity contribution < 1.29 is 34.6 Å². The van der Waals surface area contributed by atoms with Crippen molar-refractivity contribution in [2.75, 3.05) is 0 Å². The van der Waals surface area contributed by atoms with Crippen molar-refractivity contribution in [3.63, 3.8) is 0 Å². The minimum absolute atomic E-state index is 0. The third-order valence-electron chi connectivity index (χ3n) is 2.46. The molecule has 0 aromatic heterocycles. The molecule has 0 atom stereocenters. The standard InChI is InChI=1S/C12H26.Cu.H2O4S/c1-3-5-7-9-11-12-10-8-6-4-2;;1-5(2,3)4/h3-12H2,1-2H3;;(H2,1,2,3,4)/q;+2;/p-2. The molecule has 1 radical (unpaired) electrons. The van der Waals surface area contributed by atoms with Crippen molar-refractivity contribution >= 4 is 10.4 Å². The predicted molar refractivity (Wildman–Crippen MR) is 68.0 cm³/mol. The smallest absolute Gasteiger partial charge is 0.759 e. The van der Waals surface area contributed by atoms with Gasteiger partial charge in [0.15, 0.2) is 0 Å². The Balaban J connectivity index is -0.000000321. The fraction of sp³-hybridized carbons (Fsp3) is 1.00. The molecule has 0 aliphatic rings. The average Bonchev–Trinajstić information content (AvgIpc) is 2.20. The van der Waals surface area contributed by atoms with Crippen LogP contribution in [0.5, 0.6) is 0 Å². The molecule has 0 aliphatic carbocycles. The second-order valence-corrected chi connectivity index (χ2v) is 5.05. The van der Waals surface area contributed by atoms with E-state index >= 15 is 0 Å². The number of hydrogen-bond acceptors (Lipinski definition) is 4. The van der Waals surface area contributed by atoms with E-state index in [0.717, 1.165) is 0 Å². The van der Waals surface area contributed by atoms with Crippen molar-refractivity contribution in [3.8, 4) is 0 Å². The normalized spacial score (nSPS) is 10.2. The van der Waals surface area contributed by atoms with E-state index in [0.29, 0.717) is 0 Å². The summed E-state index contributed by atoms with van der Waals surface area (Å²) >= 11 is 0. The van der Waals surface area contributed by atoms with Gasteiger partial charge < -0.3 is 9.11 Å². The van der Waals surface area contributed by atoms with Gasteiger partial charge in [0, 0.05) is 10.4 Å². The molecular weight excluding hydrogens is 304 g/mol. The van der Waals surface area contributed by atoms with Crippen molar-refractivity contribution in [2.45, 2.75) is 78.1 Å². The fourth-order valence-electron chi connectivity index (χ4n) is 1.56. The van der Waals surface area contributed by atoms with Crippen LogP contribution in [0.3, 0.4) is 0 Å². The Hall–Kier alpha value is 0.389. The minimum Gasteiger partial charge on any atom is -0.759 e. The Bertz CT molecular complexity index is 212. The third kappa shape index (κ3) is 44.0. The second kappa shape index (κ2) is 17.4. The molecule has 0 spiro atoms. The molecule has 0 N–H and O–H groups in total. The molecule has 0 bridgehead atoms. The number of hydrogen-bond donors (Lipinski definition) is 0. The van der Waals surface area contributed by atoms with Crippen LogP contribution in [0.1, 0.15) is 78.1 Å². The Morgan fingerprint density at radius 3 is 1.00 bits per heavy atom. The molecule has 0 saturated carbocycles. The molecule has 6 heteroatoms. The van der Waals surface area contributed by atoms with Gasteiger partial charge in [-0.15, -0.1) is 0 Å². The van der Waals surface area contributed by atoms with Crippen LogP contribution in [0.2, 0.25) is 0 Å². The molecular formula is C12H26CuO4S. The molecule has 4 nitrogen and oxygen atoms in total. The minimum atomic E-state index is -5.17. The van der Waals surface area contributed by atoms with Crippen LogP contribution < -0.4 is 0 Å². The zero-order valence-corrected chi connectivity index (χ0v) is 13.2. The van der Waals surface area contributed by atoms with E-state index in [1.807, 2.05) is 0 Å². The molecule has 0 saturated heterocycles. The molecule has 18 heavy (non-hydrogen) atoms. The summed E-state index contributed by atoms with van der Waals surface area (Å²) in [6, 6.07) is 0. The van der Waals surface area contributed by atoms with Gasteiger partial charge in [-0.25, -0.2) is 0 Å². The zero-order valence-electron chi connectivity index (χ0n) is 11.4. The fourth-order valence-corrected chi connectivity index (χ4v) is 1.56. The van der Waals surface area contributed by atoms with Gasteiger partial charge in [-0.2, -0.15) is 0 Å². The first-order valence-electron chi connectivity index (χ1n) is 6.58. The summed E-state index contributed by atoms with van der Waals surface area (Å²) in [5, 5.41) is 0. The van der Waals surface area contributed by atoms with Gasteiger partial charge in [0.1, 0.15) is 0 Å². The average molecular weight is 330 g/mol. The van der Waals surface area contributed by atoms with Gasteiger partial charge in [-0.1, -0.05) is 78.1 Å². The molecule has 0 aliphatic heterocycles. The summed E-state index contributed by atoms with van der Waals surface area (Å²) in [6.07, 6.45) is 14.4. The van der Waals surface area contributed by atoms with Gasteiger partial charge in [0.25, 0.3) is 0 Å². The Kier molecular flexibility index (Phi) is 22.7. The summed E-state index contributed by atoms with van der Waals surface area (Å²) in [7, 11) is -5.17. The van der Waals surface area contributed by atoms with Gasteiger partial charge in [0.2, 0.25) is 0 Å². The molecule has 0 amide bonds. The van der Waals surface area contributed by atoms with Crippen LogP contribution >= 0.6 is 0 Å². The van der Waals surface area contributed by atoms with Crippen LogP contribution in [0, 0.1) is 0 Å². The summed E-state index contributed by atoms with van der Waals surface area (Å²) in [6.45, 7) is 4.56. The van der Waals surface area contributed by atoms with Gasteiger partial charge in [-0.3, -0.25) is 8.42 Å². The largest absolute Gasteiger partial charge is 2.00 e. The van der Waals surface area contributed by atoms with E-state index in [1.165, 1.54) is 64.2 Å². The SMILES string of the molecule is CCCCCCCCCCCC.O=S(=O)([O-])[O-].[Cu+2]. The van der Waals surface area contributed by atoms with E-state index < -0.39 is 10.4 Å². The van der Waals surface area contributed by atoms with E-state index in [4.69, 9.17) is 17.5 Å². The predicted octanol–water partition coefficient (Wildman–Crippen LogP) is 3.59. The zero-order chi connectivity index (χ0) is 13.6.